The van der Waals surface area contributed by atoms with Crippen molar-refractivity contribution >= 4 is 22.7 Å². The fraction of sp³-hybridized carbons (Fsp3) is 0.759. The van der Waals surface area contributed by atoms with E-state index in [2.05, 4.69) is 33.2 Å². The molecule has 4 aliphatic rings. The lowest BCUT2D eigenvalue weighted by Crippen LogP contribution is -2.54. The van der Waals surface area contributed by atoms with Crippen molar-refractivity contribution in [2.75, 3.05) is 44.2 Å². The Hall–Kier alpha value is -2.19. The van der Waals surface area contributed by atoms with Crippen molar-refractivity contribution in [1.29, 1.82) is 0 Å². The summed E-state index contributed by atoms with van der Waals surface area (Å²) in [5.41, 5.74) is 3.22. The Kier molecular flexibility index (Phi) is 7.14. The minimum atomic E-state index is -0.942. The summed E-state index contributed by atoms with van der Waals surface area (Å²) in [7, 11) is 0. The average Bonchev–Trinajstić information content (AvgIpc) is 3.27. The number of anilines is 1. The molecule has 0 radical (unpaired) electrons. The Bertz CT molecular complexity index is 1100. The van der Waals surface area contributed by atoms with Crippen LogP contribution in [0.4, 0.5) is 5.69 Å². The smallest absolute Gasteiger partial charge is 0.354 e. The molecule has 0 amide bonds. The number of aromatic nitrogens is 3. The summed E-state index contributed by atoms with van der Waals surface area (Å²) in [6.07, 6.45) is 11.8. The van der Waals surface area contributed by atoms with Crippen LogP contribution in [-0.4, -0.2) is 87.0 Å². The van der Waals surface area contributed by atoms with Gasteiger partial charge in [0, 0.05) is 57.3 Å². The minimum Gasteiger partial charge on any atom is -0.477 e. The molecule has 2 aromatic rings. The van der Waals surface area contributed by atoms with Gasteiger partial charge in [0.25, 0.3) is 0 Å². The molecule has 0 bridgehead atoms. The molecule has 2 saturated carbocycles. The van der Waals surface area contributed by atoms with E-state index in [1.54, 1.807) is 0 Å². The van der Waals surface area contributed by atoms with Gasteiger partial charge in [-0.05, 0) is 58.4 Å². The zero-order valence-electron chi connectivity index (χ0n) is 22.7. The van der Waals surface area contributed by atoms with Crippen LogP contribution < -0.4 is 4.90 Å². The summed E-state index contributed by atoms with van der Waals surface area (Å²) < 4.78 is 2.14. The van der Waals surface area contributed by atoms with Gasteiger partial charge in [0.05, 0.1) is 22.8 Å². The Labute approximate surface area is 221 Å². The van der Waals surface area contributed by atoms with Crippen LogP contribution >= 0.6 is 0 Å². The Morgan fingerprint density at radius 3 is 2.19 bits per heavy atom. The molecular formula is C29H44N6O2. The maximum atomic E-state index is 12.2. The normalized spacial score (nSPS) is 23.7. The largest absolute Gasteiger partial charge is 0.477 e. The molecule has 2 aliphatic carbocycles. The van der Waals surface area contributed by atoms with Crippen molar-refractivity contribution in [2.45, 2.75) is 102 Å². The second kappa shape index (κ2) is 10.5. The Morgan fingerprint density at radius 2 is 1.59 bits per heavy atom. The minimum absolute atomic E-state index is 0.159. The highest BCUT2D eigenvalue weighted by Gasteiger charge is 2.34. The number of carboxylic acid groups (broad SMARTS) is 1. The number of nitrogens with zero attached hydrogens (tertiary/aromatic N) is 6. The third-order valence-corrected chi connectivity index (χ3v) is 9.70. The van der Waals surface area contributed by atoms with Crippen LogP contribution in [0, 0.1) is 0 Å². The van der Waals surface area contributed by atoms with E-state index in [1.165, 1.54) is 44.2 Å². The zero-order valence-corrected chi connectivity index (χ0v) is 22.7. The molecule has 2 aliphatic heterocycles. The number of carbonyl (C=O) groups is 1. The third-order valence-electron chi connectivity index (χ3n) is 9.70. The monoisotopic (exact) mass is 508 g/mol. The summed E-state index contributed by atoms with van der Waals surface area (Å²) in [4.78, 5) is 24.7. The van der Waals surface area contributed by atoms with Gasteiger partial charge in [0.1, 0.15) is 0 Å². The molecule has 0 unspecified atom stereocenters. The van der Waals surface area contributed by atoms with Crippen LogP contribution in [0.3, 0.4) is 0 Å². The molecule has 4 fully saturated rings. The van der Waals surface area contributed by atoms with E-state index in [0.29, 0.717) is 24.0 Å². The molecule has 8 heteroatoms. The van der Waals surface area contributed by atoms with Gasteiger partial charge in [-0.1, -0.05) is 25.7 Å². The molecule has 4 heterocycles. The number of carboxylic acids is 1. The molecule has 2 saturated heterocycles. The maximum Gasteiger partial charge on any atom is 0.354 e. The first-order valence-corrected chi connectivity index (χ1v) is 14.9. The van der Waals surface area contributed by atoms with Gasteiger partial charge in [-0.2, -0.15) is 5.10 Å². The highest BCUT2D eigenvalue weighted by Crippen LogP contribution is 2.44. The van der Waals surface area contributed by atoms with E-state index in [4.69, 9.17) is 10.1 Å². The zero-order chi connectivity index (χ0) is 25.5. The van der Waals surface area contributed by atoms with E-state index >= 15 is 0 Å². The number of piperidine rings is 1. The predicted octanol–water partition coefficient (Wildman–Crippen LogP) is 4.90. The number of aromatic carboxylic acids is 1. The number of hydrogen-bond acceptors (Lipinski definition) is 6. The fourth-order valence-corrected chi connectivity index (χ4v) is 7.14. The maximum absolute atomic E-state index is 12.2. The standard InChI is InChI=1S/C29H44N6O2/c1-20(2)32-15-17-33(18-16-32)22-11-13-34(14-12-22)25-19-24(29(36)37)30-28-26(25)27(21-7-6-8-21)31-35(28)23-9-4-3-5-10-23/h19-23H,3-18H2,1-2H3,(H,36,37). The molecule has 37 heavy (non-hydrogen) atoms. The van der Waals surface area contributed by atoms with Gasteiger partial charge in [-0.3, -0.25) is 9.80 Å². The van der Waals surface area contributed by atoms with Crippen molar-refractivity contribution in [3.05, 3.63) is 17.5 Å². The number of rotatable bonds is 6. The van der Waals surface area contributed by atoms with Crippen LogP contribution in [0.25, 0.3) is 11.0 Å². The highest BCUT2D eigenvalue weighted by atomic mass is 16.4. The molecule has 1 N–H and O–H groups in total. The van der Waals surface area contributed by atoms with E-state index in [1.807, 2.05) is 6.07 Å². The van der Waals surface area contributed by atoms with E-state index in [9.17, 15) is 9.90 Å². The van der Waals surface area contributed by atoms with Crippen molar-refractivity contribution in [2.24, 2.45) is 0 Å². The van der Waals surface area contributed by atoms with Crippen molar-refractivity contribution < 1.29 is 9.90 Å². The number of pyridine rings is 1. The Balaban J connectivity index is 1.29. The summed E-state index contributed by atoms with van der Waals surface area (Å²) in [6, 6.07) is 3.44. The number of fused-ring (bicyclic) bond motifs is 1. The lowest BCUT2D eigenvalue weighted by atomic mass is 9.82. The molecule has 6 rings (SSSR count). The first kappa shape index (κ1) is 25.1. The Morgan fingerprint density at radius 1 is 0.892 bits per heavy atom. The number of hydrogen-bond donors (Lipinski definition) is 1. The van der Waals surface area contributed by atoms with Crippen molar-refractivity contribution in [1.82, 2.24) is 24.6 Å². The molecule has 2 aromatic heterocycles. The van der Waals surface area contributed by atoms with Crippen LogP contribution in [0.2, 0.25) is 0 Å². The summed E-state index contributed by atoms with van der Waals surface area (Å²) in [6.45, 7) is 11.2. The van der Waals surface area contributed by atoms with Gasteiger partial charge in [0.15, 0.2) is 11.3 Å². The summed E-state index contributed by atoms with van der Waals surface area (Å²) in [5.74, 6) is -0.457. The first-order chi connectivity index (χ1) is 18.0. The predicted molar refractivity (Wildman–Crippen MR) is 147 cm³/mol. The SMILES string of the molecule is CC(C)N1CCN(C2CCN(c3cc(C(=O)O)nc4c3c(C3CCC3)nn4C3CCCCC3)CC2)CC1. The average molecular weight is 509 g/mol. The van der Waals surface area contributed by atoms with Crippen molar-refractivity contribution in [3.8, 4) is 0 Å². The molecule has 0 atom stereocenters. The number of piperazine rings is 1. The van der Waals surface area contributed by atoms with E-state index in [-0.39, 0.29) is 5.69 Å². The third kappa shape index (κ3) is 4.87. The van der Waals surface area contributed by atoms with Gasteiger partial charge in [0.2, 0.25) is 0 Å². The lowest BCUT2D eigenvalue weighted by molar-refractivity contribution is 0.0689. The van der Waals surface area contributed by atoms with Crippen LogP contribution in [0.1, 0.15) is 106 Å². The highest BCUT2D eigenvalue weighted by molar-refractivity contribution is 5.98. The molecule has 0 spiro atoms. The van der Waals surface area contributed by atoms with Gasteiger partial charge < -0.3 is 10.0 Å². The fourth-order valence-electron chi connectivity index (χ4n) is 7.14. The van der Waals surface area contributed by atoms with Crippen LogP contribution in [0.15, 0.2) is 6.07 Å². The lowest BCUT2D eigenvalue weighted by Gasteiger charge is -2.44. The molecular weight excluding hydrogens is 464 g/mol. The van der Waals surface area contributed by atoms with Crippen LogP contribution in [-0.2, 0) is 0 Å². The second-order valence-corrected chi connectivity index (χ2v) is 12.2. The first-order valence-electron chi connectivity index (χ1n) is 14.9. The van der Waals surface area contributed by atoms with E-state index < -0.39 is 5.97 Å². The van der Waals surface area contributed by atoms with Crippen molar-refractivity contribution in [3.63, 3.8) is 0 Å². The van der Waals surface area contributed by atoms with Crippen LogP contribution in [0.5, 0.6) is 0 Å². The topological polar surface area (TPSA) is 77.7 Å². The summed E-state index contributed by atoms with van der Waals surface area (Å²) >= 11 is 0. The van der Waals surface area contributed by atoms with E-state index in [0.717, 1.165) is 81.7 Å². The summed E-state index contributed by atoms with van der Waals surface area (Å²) in [5, 5.41) is 16.4. The second-order valence-electron chi connectivity index (χ2n) is 12.2. The van der Waals surface area contributed by atoms with Gasteiger partial charge >= 0.3 is 5.97 Å². The molecule has 202 valence electrons. The quantitative estimate of drug-likeness (QED) is 0.595. The molecule has 8 nitrogen and oxygen atoms in total. The molecule has 0 aromatic carbocycles. The van der Waals surface area contributed by atoms with Gasteiger partial charge in [-0.15, -0.1) is 0 Å². The van der Waals surface area contributed by atoms with Gasteiger partial charge in [-0.25, -0.2) is 14.5 Å².